The molecule has 8 heteroatoms. The summed E-state index contributed by atoms with van der Waals surface area (Å²) in [5.74, 6) is 0.653. The van der Waals surface area contributed by atoms with Gasteiger partial charge in [-0.15, -0.1) is 0 Å². The van der Waals surface area contributed by atoms with Gasteiger partial charge in [-0.2, -0.15) is 0 Å². The van der Waals surface area contributed by atoms with E-state index in [2.05, 4.69) is 26.1 Å². The van der Waals surface area contributed by atoms with Gasteiger partial charge in [0.15, 0.2) is 6.10 Å². The van der Waals surface area contributed by atoms with Crippen LogP contribution in [-0.2, 0) is 20.2 Å². The number of hydrogen-bond acceptors (Lipinski definition) is 5. The van der Waals surface area contributed by atoms with Crippen LogP contribution in [0.25, 0.3) is 10.8 Å². The number of rotatable bonds is 7. The molecule has 4 aromatic carbocycles. The first kappa shape index (κ1) is 27.5. The van der Waals surface area contributed by atoms with E-state index in [1.54, 1.807) is 30.3 Å². The quantitative estimate of drug-likeness (QED) is 0.299. The van der Waals surface area contributed by atoms with E-state index >= 15 is 0 Å². The molecule has 0 radical (unpaired) electrons. The Morgan fingerprint density at radius 3 is 2.42 bits per heavy atom. The summed E-state index contributed by atoms with van der Waals surface area (Å²) < 4.78 is 40.8. The lowest BCUT2D eigenvalue weighted by Gasteiger charge is -2.36. The third-order valence-electron chi connectivity index (χ3n) is 6.99. The van der Waals surface area contributed by atoms with E-state index in [4.69, 9.17) is 9.47 Å². The van der Waals surface area contributed by atoms with E-state index in [1.165, 1.54) is 4.31 Å². The molecule has 7 nitrogen and oxygen atoms in total. The number of carbonyl (C=O) groups is 1. The summed E-state index contributed by atoms with van der Waals surface area (Å²) in [5.41, 5.74) is 2.15. The van der Waals surface area contributed by atoms with Gasteiger partial charge in [0.05, 0.1) is 23.7 Å². The number of carbonyl (C=O) groups excluding carboxylic acids is 1. The number of amides is 1. The van der Waals surface area contributed by atoms with Crippen LogP contribution in [0.5, 0.6) is 11.5 Å². The standard InChI is InChI=1S/C32H34N2O5S/c1-22-9-14-27(15-10-22)40(36,37)34-21-30(39-29-16-12-25(20-28(29)34)32(2,3)4)31(35)33-17-18-38-26-13-11-23-7-5-6-8-24(23)19-26/h5-16,19-20,30H,17-18,21H2,1-4H3,(H,33,35)/t30-/m0/s1. The second-order valence-corrected chi connectivity index (χ2v) is 12.9. The van der Waals surface area contributed by atoms with Crippen LogP contribution >= 0.6 is 0 Å². The van der Waals surface area contributed by atoms with E-state index in [1.807, 2.05) is 61.5 Å². The predicted molar refractivity (Wildman–Crippen MR) is 158 cm³/mol. The number of nitrogens with zero attached hydrogens (tertiary/aromatic N) is 1. The largest absolute Gasteiger partial charge is 0.492 e. The fourth-order valence-electron chi connectivity index (χ4n) is 4.63. The Morgan fingerprint density at radius 1 is 0.975 bits per heavy atom. The lowest BCUT2D eigenvalue weighted by Crippen LogP contribution is -2.51. The molecule has 1 aliphatic rings. The summed E-state index contributed by atoms with van der Waals surface area (Å²) >= 11 is 0. The van der Waals surface area contributed by atoms with Crippen molar-refractivity contribution in [3.8, 4) is 11.5 Å². The molecule has 1 aliphatic heterocycles. The van der Waals surface area contributed by atoms with Crippen molar-refractivity contribution >= 4 is 32.4 Å². The monoisotopic (exact) mass is 558 g/mol. The topological polar surface area (TPSA) is 84.9 Å². The van der Waals surface area contributed by atoms with Crippen molar-refractivity contribution in [2.24, 2.45) is 0 Å². The minimum Gasteiger partial charge on any atom is -0.492 e. The van der Waals surface area contributed by atoms with Gasteiger partial charge in [-0.1, -0.05) is 74.9 Å². The molecular weight excluding hydrogens is 524 g/mol. The maximum absolute atomic E-state index is 13.8. The summed E-state index contributed by atoms with van der Waals surface area (Å²) in [6.45, 7) is 8.45. The first-order chi connectivity index (χ1) is 19.0. The van der Waals surface area contributed by atoms with Crippen molar-refractivity contribution in [2.75, 3.05) is 24.0 Å². The average molecular weight is 559 g/mol. The highest BCUT2D eigenvalue weighted by Gasteiger charge is 2.38. The van der Waals surface area contributed by atoms with Crippen molar-refractivity contribution < 1.29 is 22.7 Å². The smallest absolute Gasteiger partial charge is 0.264 e. The minimum absolute atomic E-state index is 0.145. The highest BCUT2D eigenvalue weighted by molar-refractivity contribution is 7.92. The number of benzene rings is 4. The zero-order valence-corrected chi connectivity index (χ0v) is 24.0. The van der Waals surface area contributed by atoms with Gasteiger partial charge < -0.3 is 14.8 Å². The molecular formula is C32H34N2O5S. The van der Waals surface area contributed by atoms with Crippen molar-refractivity contribution in [3.63, 3.8) is 0 Å². The van der Waals surface area contributed by atoms with Crippen LogP contribution in [0, 0.1) is 6.92 Å². The zero-order valence-electron chi connectivity index (χ0n) is 23.2. The fraction of sp³-hybridized carbons (Fsp3) is 0.281. The SMILES string of the molecule is Cc1ccc(S(=O)(=O)N2C[C@@H](C(=O)NCCOc3ccc4ccccc4c3)Oc3ccc(C(C)(C)C)cc32)cc1. The van der Waals surface area contributed by atoms with E-state index in [0.29, 0.717) is 17.2 Å². The molecule has 40 heavy (non-hydrogen) atoms. The second-order valence-electron chi connectivity index (χ2n) is 11.0. The van der Waals surface area contributed by atoms with Crippen LogP contribution in [0.2, 0.25) is 0 Å². The Morgan fingerprint density at radius 2 is 1.70 bits per heavy atom. The number of anilines is 1. The lowest BCUT2D eigenvalue weighted by molar-refractivity contribution is -0.127. The number of nitrogens with one attached hydrogen (secondary N) is 1. The van der Waals surface area contributed by atoms with E-state index in [0.717, 1.165) is 21.9 Å². The Labute approximate surface area is 235 Å². The number of aryl methyl sites for hydroxylation is 1. The van der Waals surface area contributed by atoms with Crippen molar-refractivity contribution in [1.29, 1.82) is 0 Å². The molecule has 208 valence electrons. The highest BCUT2D eigenvalue weighted by Crippen LogP contribution is 2.40. The van der Waals surface area contributed by atoms with Gasteiger partial charge in [-0.3, -0.25) is 9.10 Å². The maximum Gasteiger partial charge on any atom is 0.264 e. The number of sulfonamides is 1. The zero-order chi connectivity index (χ0) is 28.5. The average Bonchev–Trinajstić information content (AvgIpc) is 2.94. The normalized spacial score (nSPS) is 15.3. The molecule has 1 N–H and O–H groups in total. The molecule has 1 atom stereocenters. The van der Waals surface area contributed by atoms with Gasteiger partial charge in [-0.25, -0.2) is 8.42 Å². The molecule has 1 heterocycles. The van der Waals surface area contributed by atoms with Gasteiger partial charge in [0, 0.05) is 0 Å². The first-order valence-corrected chi connectivity index (χ1v) is 14.8. The van der Waals surface area contributed by atoms with Gasteiger partial charge in [0.2, 0.25) is 0 Å². The van der Waals surface area contributed by atoms with Gasteiger partial charge in [0.25, 0.3) is 15.9 Å². The van der Waals surface area contributed by atoms with Crippen LogP contribution < -0.4 is 19.1 Å². The lowest BCUT2D eigenvalue weighted by atomic mass is 9.86. The molecule has 0 bridgehead atoms. The highest BCUT2D eigenvalue weighted by atomic mass is 32.2. The molecule has 0 aliphatic carbocycles. The molecule has 0 spiro atoms. The van der Waals surface area contributed by atoms with E-state index in [-0.39, 0.29) is 30.0 Å². The van der Waals surface area contributed by atoms with Crippen LogP contribution in [0.3, 0.4) is 0 Å². The van der Waals surface area contributed by atoms with Crippen LogP contribution in [0.15, 0.2) is 89.8 Å². The maximum atomic E-state index is 13.8. The molecule has 0 saturated carbocycles. The predicted octanol–water partition coefficient (Wildman–Crippen LogP) is 5.60. The van der Waals surface area contributed by atoms with Crippen LogP contribution in [-0.4, -0.2) is 40.1 Å². The Bertz CT molecular complexity index is 1640. The van der Waals surface area contributed by atoms with Crippen LogP contribution in [0.1, 0.15) is 31.9 Å². The Kier molecular flexibility index (Phi) is 7.47. The molecule has 0 fully saturated rings. The summed E-state index contributed by atoms with van der Waals surface area (Å²) in [6.07, 6.45) is -1.02. The van der Waals surface area contributed by atoms with E-state index < -0.39 is 22.0 Å². The van der Waals surface area contributed by atoms with Gasteiger partial charge in [0.1, 0.15) is 18.1 Å². The summed E-state index contributed by atoms with van der Waals surface area (Å²) in [7, 11) is -3.95. The molecule has 4 aromatic rings. The molecule has 0 unspecified atom stereocenters. The third kappa shape index (κ3) is 5.77. The summed E-state index contributed by atoms with van der Waals surface area (Å²) in [6, 6.07) is 26.1. The first-order valence-electron chi connectivity index (χ1n) is 13.3. The minimum atomic E-state index is -3.95. The van der Waals surface area contributed by atoms with Crippen molar-refractivity contribution in [1.82, 2.24) is 5.32 Å². The summed E-state index contributed by atoms with van der Waals surface area (Å²) in [4.78, 5) is 13.3. The third-order valence-corrected chi connectivity index (χ3v) is 8.78. The molecule has 5 rings (SSSR count). The Hall–Kier alpha value is -4.04. The van der Waals surface area contributed by atoms with Gasteiger partial charge in [-0.05, 0) is 65.1 Å². The van der Waals surface area contributed by atoms with Crippen molar-refractivity contribution in [3.05, 3.63) is 96.1 Å². The molecule has 0 aromatic heterocycles. The van der Waals surface area contributed by atoms with Gasteiger partial charge >= 0.3 is 0 Å². The Balaban J connectivity index is 1.32. The fourth-order valence-corrected chi connectivity index (χ4v) is 6.10. The number of hydrogen-bond donors (Lipinski definition) is 1. The van der Waals surface area contributed by atoms with Crippen LogP contribution in [0.4, 0.5) is 5.69 Å². The van der Waals surface area contributed by atoms with E-state index in [9.17, 15) is 13.2 Å². The molecule has 0 saturated heterocycles. The number of ether oxygens (including phenoxy) is 2. The summed E-state index contributed by atoms with van der Waals surface area (Å²) in [5, 5.41) is 5.03. The number of fused-ring (bicyclic) bond motifs is 2. The molecule has 1 amide bonds. The van der Waals surface area contributed by atoms with Crippen molar-refractivity contribution in [2.45, 2.75) is 44.1 Å². The second kappa shape index (κ2) is 10.8.